The second-order valence-electron chi connectivity index (χ2n) is 3.17. The van der Waals surface area contributed by atoms with E-state index in [9.17, 15) is 0 Å². The molecule has 0 aromatic heterocycles. The molecule has 0 amide bonds. The minimum Gasteiger partial charge on any atom is -0.726 e. The van der Waals surface area contributed by atoms with Crippen LogP contribution in [0.4, 0.5) is 0 Å². The van der Waals surface area contributed by atoms with Gasteiger partial charge in [-0.3, -0.25) is 4.55 Å². The van der Waals surface area contributed by atoms with E-state index >= 15 is 0 Å². The molecule has 0 aromatic carbocycles. The van der Waals surface area contributed by atoms with Gasteiger partial charge in [0.25, 0.3) is 0 Å². The highest BCUT2D eigenvalue weighted by atomic mass is 32.3. The quantitative estimate of drug-likeness (QED) is 0.286. The molecule has 1 N–H and O–H groups in total. The fourth-order valence-corrected chi connectivity index (χ4v) is 0.900. The van der Waals surface area contributed by atoms with Gasteiger partial charge < -0.3 is 9.04 Å². The molecule has 0 bridgehead atoms. The highest BCUT2D eigenvalue weighted by Gasteiger charge is 2.01. The van der Waals surface area contributed by atoms with Gasteiger partial charge in [0.05, 0.1) is 27.7 Å². The third kappa shape index (κ3) is 49.1. The largest absolute Gasteiger partial charge is 0.726 e. The third-order valence-electron chi connectivity index (χ3n) is 0.771. The van der Waals surface area contributed by atoms with Crippen molar-refractivity contribution in [1.82, 2.24) is 0 Å². The Morgan fingerprint density at radius 1 is 1.42 bits per heavy atom. The number of nitrogens with zero attached hydrogens (tertiary/aromatic N) is 1. The number of hydrogen-bond acceptors (Lipinski definition) is 4. The Morgan fingerprint density at radius 2 is 1.67 bits per heavy atom. The highest BCUT2D eigenvalue weighted by Crippen LogP contribution is 1.88. The Balaban J connectivity index is 0. The van der Waals surface area contributed by atoms with Gasteiger partial charge in [-0.05, 0) is 0 Å². The summed E-state index contributed by atoms with van der Waals surface area (Å²) in [6, 6.07) is 0. The van der Waals surface area contributed by atoms with Crippen molar-refractivity contribution in [3.63, 3.8) is 0 Å². The molecule has 0 fully saturated rings. The molecule has 0 radical (unpaired) electrons. The van der Waals surface area contributed by atoms with E-state index in [2.05, 4.69) is 33.8 Å². The fraction of sp³-hybridized carbons (Fsp3) is 1.00. The first-order valence-corrected chi connectivity index (χ1v) is 5.15. The van der Waals surface area contributed by atoms with E-state index in [4.69, 9.17) is 17.5 Å². The summed E-state index contributed by atoms with van der Waals surface area (Å²) in [6.45, 7) is 1.14. The molecule has 76 valence electrons. The van der Waals surface area contributed by atoms with Gasteiger partial charge in [0, 0.05) is 5.75 Å². The highest BCUT2D eigenvalue weighted by molar-refractivity contribution is 7.80. The van der Waals surface area contributed by atoms with Crippen LogP contribution < -0.4 is 0 Å². The van der Waals surface area contributed by atoms with Crippen molar-refractivity contribution < 1.29 is 22.0 Å². The number of thiol groups is 1. The van der Waals surface area contributed by atoms with Gasteiger partial charge >= 0.3 is 0 Å². The maximum Gasteiger partial charge on any atom is 0.215 e. The topological polar surface area (TPSA) is 77.4 Å². The van der Waals surface area contributed by atoms with Crippen LogP contribution in [0.25, 0.3) is 0 Å². The van der Waals surface area contributed by atoms with Crippen LogP contribution in [0.15, 0.2) is 0 Å². The Morgan fingerprint density at radius 3 is 1.67 bits per heavy atom. The molecule has 0 aliphatic carbocycles. The van der Waals surface area contributed by atoms with Crippen molar-refractivity contribution in [2.24, 2.45) is 0 Å². The summed E-state index contributed by atoms with van der Waals surface area (Å²) in [5.74, 6) is 0.976. The van der Waals surface area contributed by atoms with Crippen LogP contribution in [0.2, 0.25) is 0 Å². The van der Waals surface area contributed by atoms with Gasteiger partial charge in [0.2, 0.25) is 10.4 Å². The van der Waals surface area contributed by atoms with Crippen LogP contribution in [-0.4, -0.2) is 55.4 Å². The van der Waals surface area contributed by atoms with Crippen LogP contribution in [0.1, 0.15) is 0 Å². The number of hydrogen-bond donors (Lipinski definition) is 2. The lowest BCUT2D eigenvalue weighted by Crippen LogP contribution is -2.36. The average Bonchev–Trinajstić information content (AvgIpc) is 1.54. The van der Waals surface area contributed by atoms with E-state index in [0.29, 0.717) is 0 Å². The van der Waals surface area contributed by atoms with Gasteiger partial charge in [0.15, 0.2) is 0 Å². The van der Waals surface area contributed by atoms with E-state index in [-0.39, 0.29) is 0 Å². The van der Waals surface area contributed by atoms with Crippen molar-refractivity contribution in [3.8, 4) is 0 Å². The molecule has 7 heteroatoms. The van der Waals surface area contributed by atoms with E-state index in [1.165, 1.54) is 0 Å². The molecule has 0 unspecified atom stereocenters. The summed E-state index contributed by atoms with van der Waals surface area (Å²) in [4.78, 5) is 0. The molecule has 5 nitrogen and oxygen atoms in total. The molecule has 0 aliphatic rings. The molecule has 0 aliphatic heterocycles. The SMILES string of the molecule is C[N+](C)(C)CCS.O=S(=O)([O-])O. The lowest BCUT2D eigenvalue weighted by Gasteiger charge is -2.22. The van der Waals surface area contributed by atoms with Gasteiger partial charge in [-0.2, -0.15) is 12.6 Å². The number of quaternary nitrogens is 1. The molecule has 0 heterocycles. The van der Waals surface area contributed by atoms with Crippen molar-refractivity contribution in [2.75, 3.05) is 33.4 Å². The summed E-state index contributed by atoms with van der Waals surface area (Å²) < 4.78 is 33.9. The Hall–Kier alpha value is 0.180. The normalized spacial score (nSPS) is 11.8. The lowest BCUT2D eigenvalue weighted by atomic mass is 10.6. The predicted molar refractivity (Wildman–Crippen MR) is 49.1 cm³/mol. The Bertz CT molecular complexity index is 186. The lowest BCUT2D eigenvalue weighted by molar-refractivity contribution is -0.867. The molecule has 12 heavy (non-hydrogen) atoms. The summed E-state index contributed by atoms with van der Waals surface area (Å²) in [6.07, 6.45) is 0. The molecule has 0 saturated heterocycles. The molecule has 0 aromatic rings. The fourth-order valence-electron chi connectivity index (χ4n) is 0.300. The second kappa shape index (κ2) is 5.76. The molecule has 0 saturated carbocycles. The van der Waals surface area contributed by atoms with Crippen molar-refractivity contribution in [1.29, 1.82) is 0 Å². The van der Waals surface area contributed by atoms with Crippen LogP contribution in [0.3, 0.4) is 0 Å². The number of rotatable bonds is 2. The first-order valence-electron chi connectivity index (χ1n) is 3.16. The zero-order valence-electron chi connectivity index (χ0n) is 7.39. The zero-order chi connectivity index (χ0) is 10.4. The standard InChI is InChI=1S/C5H13NS.H2O4S/c1-6(2,3)4-5-7;1-5(2,3)4/h4-5H2,1-3H3;(H2,1,2,3,4). The Labute approximate surface area is 79.0 Å². The van der Waals surface area contributed by atoms with Gasteiger partial charge in [0.1, 0.15) is 0 Å². The summed E-state index contributed by atoms with van der Waals surface area (Å²) >= 11 is 4.10. The van der Waals surface area contributed by atoms with E-state index < -0.39 is 10.4 Å². The molecular formula is C5H15NO4S2. The van der Waals surface area contributed by atoms with Gasteiger partial charge in [-0.15, -0.1) is 0 Å². The summed E-state index contributed by atoms with van der Waals surface area (Å²) in [5, 5.41) is 0. The minimum atomic E-state index is -4.92. The average molecular weight is 217 g/mol. The smallest absolute Gasteiger partial charge is 0.215 e. The van der Waals surface area contributed by atoms with Crippen LogP contribution >= 0.6 is 12.6 Å². The van der Waals surface area contributed by atoms with E-state index in [0.717, 1.165) is 16.8 Å². The van der Waals surface area contributed by atoms with Gasteiger partial charge in [-0.25, -0.2) is 8.42 Å². The maximum absolute atomic E-state index is 8.63. The maximum atomic E-state index is 8.63. The van der Waals surface area contributed by atoms with Crippen molar-refractivity contribution >= 4 is 23.0 Å². The molecule has 0 rings (SSSR count). The molecule has 0 spiro atoms. The first kappa shape index (κ1) is 14.7. The van der Waals surface area contributed by atoms with Crippen molar-refractivity contribution in [3.05, 3.63) is 0 Å². The minimum absolute atomic E-state index is 0.976. The van der Waals surface area contributed by atoms with Crippen LogP contribution in [0, 0.1) is 0 Å². The van der Waals surface area contributed by atoms with Gasteiger partial charge in [-0.1, -0.05) is 0 Å². The first-order chi connectivity index (χ1) is 5.06. The summed E-state index contributed by atoms with van der Waals surface area (Å²) in [5.41, 5.74) is 0. The van der Waals surface area contributed by atoms with Crippen molar-refractivity contribution in [2.45, 2.75) is 0 Å². The zero-order valence-corrected chi connectivity index (χ0v) is 9.10. The molecule has 0 atom stereocenters. The summed E-state index contributed by atoms with van der Waals surface area (Å²) in [7, 11) is 1.57. The predicted octanol–water partition coefficient (Wildman–Crippen LogP) is -0.373. The third-order valence-corrected chi connectivity index (χ3v) is 0.971. The second-order valence-corrected chi connectivity index (χ2v) is 4.47. The monoisotopic (exact) mass is 217 g/mol. The molecular weight excluding hydrogens is 202 g/mol. The van der Waals surface area contributed by atoms with E-state index in [1.54, 1.807) is 0 Å². The van der Waals surface area contributed by atoms with Crippen LogP contribution in [-0.2, 0) is 10.4 Å². The van der Waals surface area contributed by atoms with E-state index in [1.807, 2.05) is 0 Å². The van der Waals surface area contributed by atoms with Crippen LogP contribution in [0.5, 0.6) is 0 Å². The Kier molecular flexibility index (Phi) is 7.05.